The van der Waals surface area contributed by atoms with Crippen LogP contribution in [-0.4, -0.2) is 30.8 Å². The molecule has 104 valence electrons. The van der Waals surface area contributed by atoms with E-state index in [2.05, 4.69) is 23.7 Å². The quantitative estimate of drug-likeness (QED) is 0.918. The molecule has 1 fully saturated rings. The van der Waals surface area contributed by atoms with Gasteiger partial charge in [0.25, 0.3) is 0 Å². The molecule has 0 amide bonds. The Morgan fingerprint density at radius 2 is 2.05 bits per heavy atom. The molecule has 2 unspecified atom stereocenters. The van der Waals surface area contributed by atoms with E-state index < -0.39 is 0 Å². The molecule has 0 bridgehead atoms. The highest BCUT2D eigenvalue weighted by Crippen LogP contribution is 2.31. The molecule has 1 saturated carbocycles. The third-order valence-corrected chi connectivity index (χ3v) is 5.10. The molecular formula is C15H21NO2S. The second-order valence-electron chi connectivity index (χ2n) is 5.17. The summed E-state index contributed by atoms with van der Waals surface area (Å²) in [6, 6.07) is 6.91. The van der Waals surface area contributed by atoms with Crippen LogP contribution >= 0.6 is 11.8 Å². The van der Waals surface area contributed by atoms with Crippen LogP contribution in [0.25, 0.3) is 0 Å². The SMILES string of the molecule is CSC1CCCC1NCc1ccc2c(c1)OCCO2. The van der Waals surface area contributed by atoms with Crippen LogP contribution in [0.2, 0.25) is 0 Å². The predicted octanol–water partition coefficient (Wildman–Crippen LogP) is 2.83. The molecule has 1 N–H and O–H groups in total. The molecule has 4 heteroatoms. The second kappa shape index (κ2) is 6.06. The predicted molar refractivity (Wildman–Crippen MR) is 79.2 cm³/mol. The van der Waals surface area contributed by atoms with Crippen molar-refractivity contribution in [2.24, 2.45) is 0 Å². The number of thioether (sulfide) groups is 1. The Bertz CT molecular complexity index is 438. The van der Waals surface area contributed by atoms with Crippen molar-refractivity contribution >= 4 is 11.8 Å². The van der Waals surface area contributed by atoms with Gasteiger partial charge >= 0.3 is 0 Å². The van der Waals surface area contributed by atoms with Crippen molar-refractivity contribution in [3.8, 4) is 11.5 Å². The topological polar surface area (TPSA) is 30.5 Å². The average molecular weight is 279 g/mol. The van der Waals surface area contributed by atoms with Crippen LogP contribution in [-0.2, 0) is 6.54 Å². The second-order valence-corrected chi connectivity index (χ2v) is 6.25. The van der Waals surface area contributed by atoms with Crippen LogP contribution in [0.15, 0.2) is 18.2 Å². The molecule has 3 rings (SSSR count). The molecule has 0 spiro atoms. The summed E-state index contributed by atoms with van der Waals surface area (Å²) in [5.74, 6) is 1.76. The maximum absolute atomic E-state index is 5.62. The van der Waals surface area contributed by atoms with Gasteiger partial charge in [0.1, 0.15) is 13.2 Å². The zero-order valence-electron chi connectivity index (χ0n) is 11.4. The van der Waals surface area contributed by atoms with E-state index in [-0.39, 0.29) is 0 Å². The zero-order chi connectivity index (χ0) is 13.1. The first kappa shape index (κ1) is 13.1. The van der Waals surface area contributed by atoms with Crippen molar-refractivity contribution in [3.63, 3.8) is 0 Å². The number of nitrogens with one attached hydrogen (secondary N) is 1. The lowest BCUT2D eigenvalue weighted by Gasteiger charge is -2.21. The van der Waals surface area contributed by atoms with Crippen LogP contribution in [0, 0.1) is 0 Å². The highest BCUT2D eigenvalue weighted by atomic mass is 32.2. The van der Waals surface area contributed by atoms with Gasteiger partial charge in [-0.2, -0.15) is 11.8 Å². The van der Waals surface area contributed by atoms with Crippen molar-refractivity contribution in [3.05, 3.63) is 23.8 Å². The Morgan fingerprint density at radius 1 is 1.21 bits per heavy atom. The van der Waals surface area contributed by atoms with Crippen molar-refractivity contribution in [2.75, 3.05) is 19.5 Å². The highest BCUT2D eigenvalue weighted by molar-refractivity contribution is 7.99. The Hall–Kier alpha value is -0.870. The summed E-state index contributed by atoms with van der Waals surface area (Å²) in [7, 11) is 0. The maximum Gasteiger partial charge on any atom is 0.161 e. The van der Waals surface area contributed by atoms with Crippen molar-refractivity contribution in [2.45, 2.75) is 37.1 Å². The molecule has 1 aromatic carbocycles. The minimum atomic E-state index is 0.654. The van der Waals surface area contributed by atoms with Crippen LogP contribution < -0.4 is 14.8 Å². The van der Waals surface area contributed by atoms with E-state index in [0.717, 1.165) is 23.3 Å². The monoisotopic (exact) mass is 279 g/mol. The van der Waals surface area contributed by atoms with Gasteiger partial charge in [0.05, 0.1) is 0 Å². The van der Waals surface area contributed by atoms with E-state index >= 15 is 0 Å². The largest absolute Gasteiger partial charge is 0.486 e. The highest BCUT2D eigenvalue weighted by Gasteiger charge is 2.25. The first-order valence-corrected chi connectivity index (χ1v) is 8.30. The van der Waals surface area contributed by atoms with Crippen LogP contribution in [0.4, 0.5) is 0 Å². The fraction of sp³-hybridized carbons (Fsp3) is 0.600. The number of benzene rings is 1. The van der Waals surface area contributed by atoms with Gasteiger partial charge in [-0.15, -0.1) is 0 Å². The number of rotatable bonds is 4. The molecular weight excluding hydrogens is 258 g/mol. The van der Waals surface area contributed by atoms with Gasteiger partial charge in [-0.3, -0.25) is 0 Å². The maximum atomic E-state index is 5.62. The molecule has 19 heavy (non-hydrogen) atoms. The molecule has 1 heterocycles. The molecule has 3 nitrogen and oxygen atoms in total. The van der Waals surface area contributed by atoms with E-state index in [9.17, 15) is 0 Å². The lowest BCUT2D eigenvalue weighted by molar-refractivity contribution is 0.171. The zero-order valence-corrected chi connectivity index (χ0v) is 12.2. The van der Waals surface area contributed by atoms with Crippen LogP contribution in [0.5, 0.6) is 11.5 Å². The van der Waals surface area contributed by atoms with Gasteiger partial charge in [-0.1, -0.05) is 12.5 Å². The molecule has 0 radical (unpaired) electrons. The van der Waals surface area contributed by atoms with Gasteiger partial charge in [0, 0.05) is 17.8 Å². The third kappa shape index (κ3) is 3.00. The van der Waals surface area contributed by atoms with Gasteiger partial charge in [-0.05, 0) is 36.8 Å². The van der Waals surface area contributed by atoms with E-state index in [1.807, 2.05) is 17.8 Å². The first-order chi connectivity index (χ1) is 9.36. The van der Waals surface area contributed by atoms with Gasteiger partial charge in [-0.25, -0.2) is 0 Å². The van der Waals surface area contributed by atoms with Gasteiger partial charge in [0.15, 0.2) is 11.5 Å². The minimum absolute atomic E-state index is 0.654. The van der Waals surface area contributed by atoms with Crippen molar-refractivity contribution < 1.29 is 9.47 Å². The summed E-state index contributed by atoms with van der Waals surface area (Å²) in [6.07, 6.45) is 6.22. The Labute approximate surface area is 119 Å². The number of hydrogen-bond donors (Lipinski definition) is 1. The molecule has 0 saturated heterocycles. The van der Waals surface area contributed by atoms with Crippen LogP contribution in [0.1, 0.15) is 24.8 Å². The third-order valence-electron chi connectivity index (χ3n) is 3.93. The number of hydrogen-bond acceptors (Lipinski definition) is 4. The molecule has 0 aromatic heterocycles. The van der Waals surface area contributed by atoms with Crippen LogP contribution in [0.3, 0.4) is 0 Å². The summed E-state index contributed by atoms with van der Waals surface area (Å²) in [5.41, 5.74) is 1.27. The van der Waals surface area contributed by atoms with E-state index in [1.165, 1.54) is 24.8 Å². The molecule has 2 atom stereocenters. The van der Waals surface area contributed by atoms with Gasteiger partial charge < -0.3 is 14.8 Å². The lowest BCUT2D eigenvalue weighted by Crippen LogP contribution is -2.33. The fourth-order valence-electron chi connectivity index (χ4n) is 2.89. The Morgan fingerprint density at radius 3 is 2.89 bits per heavy atom. The normalized spacial score (nSPS) is 25.5. The summed E-state index contributed by atoms with van der Waals surface area (Å²) >= 11 is 1.99. The molecule has 1 aliphatic carbocycles. The molecule has 2 aliphatic rings. The Balaban J connectivity index is 1.60. The smallest absolute Gasteiger partial charge is 0.161 e. The molecule has 1 aliphatic heterocycles. The first-order valence-electron chi connectivity index (χ1n) is 7.01. The molecule has 1 aromatic rings. The number of fused-ring (bicyclic) bond motifs is 1. The summed E-state index contributed by atoms with van der Waals surface area (Å²) in [6.45, 7) is 2.22. The average Bonchev–Trinajstić information content (AvgIpc) is 2.92. The van der Waals surface area contributed by atoms with Gasteiger partial charge in [0.2, 0.25) is 0 Å². The van der Waals surface area contributed by atoms with E-state index in [1.54, 1.807) is 0 Å². The standard InChI is InChI=1S/C15H21NO2S/c1-19-15-4-2-3-12(15)16-10-11-5-6-13-14(9-11)18-8-7-17-13/h5-6,9,12,15-16H,2-4,7-8,10H2,1H3. The van der Waals surface area contributed by atoms with Crippen molar-refractivity contribution in [1.82, 2.24) is 5.32 Å². The Kier molecular flexibility index (Phi) is 4.18. The number of ether oxygens (including phenoxy) is 2. The van der Waals surface area contributed by atoms with E-state index in [4.69, 9.17) is 9.47 Å². The fourth-order valence-corrected chi connectivity index (χ4v) is 3.85. The van der Waals surface area contributed by atoms with E-state index in [0.29, 0.717) is 19.3 Å². The summed E-state index contributed by atoms with van der Waals surface area (Å²) in [5, 5.41) is 4.46. The van der Waals surface area contributed by atoms with Crippen molar-refractivity contribution in [1.29, 1.82) is 0 Å². The summed E-state index contributed by atoms with van der Waals surface area (Å²) < 4.78 is 11.2. The minimum Gasteiger partial charge on any atom is -0.486 e. The lowest BCUT2D eigenvalue weighted by atomic mass is 10.1. The summed E-state index contributed by atoms with van der Waals surface area (Å²) in [4.78, 5) is 0.